The van der Waals surface area contributed by atoms with Crippen LogP contribution in [0.2, 0.25) is 0 Å². The van der Waals surface area contributed by atoms with Crippen LogP contribution in [0.1, 0.15) is 16.9 Å². The molecule has 1 aliphatic heterocycles. The molecule has 74 valence electrons. The molecular formula is C9H9BrN2O2. The fraction of sp³-hybridized carbons (Fsp3) is 0.333. The summed E-state index contributed by atoms with van der Waals surface area (Å²) in [4.78, 5) is 20.8. The number of hydrogen-bond donors (Lipinski definition) is 0. The summed E-state index contributed by atoms with van der Waals surface area (Å²) in [5, 5.41) is 1.36. The Morgan fingerprint density at radius 2 is 2.43 bits per heavy atom. The van der Waals surface area contributed by atoms with Crippen LogP contribution in [0.15, 0.2) is 22.8 Å². The van der Waals surface area contributed by atoms with Crippen LogP contribution in [-0.4, -0.2) is 29.1 Å². The Balaban J connectivity index is 2.14. The first-order valence-electron chi connectivity index (χ1n) is 4.34. The molecule has 0 spiro atoms. The molecule has 14 heavy (non-hydrogen) atoms. The molecule has 0 aromatic carbocycles. The van der Waals surface area contributed by atoms with Crippen LogP contribution in [0.25, 0.3) is 0 Å². The van der Waals surface area contributed by atoms with Gasteiger partial charge in [0.25, 0.3) is 5.91 Å². The highest BCUT2D eigenvalue weighted by Gasteiger charge is 2.21. The minimum absolute atomic E-state index is 0.171. The van der Waals surface area contributed by atoms with Crippen molar-refractivity contribution in [1.29, 1.82) is 0 Å². The second-order valence-corrected chi connectivity index (χ2v) is 3.87. The molecule has 1 aliphatic rings. The van der Waals surface area contributed by atoms with E-state index in [9.17, 15) is 4.79 Å². The first-order chi connectivity index (χ1) is 6.77. The lowest BCUT2D eigenvalue weighted by molar-refractivity contribution is -0.0771. The van der Waals surface area contributed by atoms with Crippen LogP contribution in [0.5, 0.6) is 0 Å². The molecule has 4 nitrogen and oxygen atoms in total. The summed E-state index contributed by atoms with van der Waals surface area (Å²) in [6.07, 6.45) is 2.49. The first-order valence-corrected chi connectivity index (χ1v) is 5.13. The van der Waals surface area contributed by atoms with Crippen molar-refractivity contribution >= 4 is 21.8 Å². The maximum absolute atomic E-state index is 11.7. The lowest BCUT2D eigenvalue weighted by Crippen LogP contribution is -2.27. The van der Waals surface area contributed by atoms with E-state index in [-0.39, 0.29) is 5.91 Å². The average molecular weight is 257 g/mol. The van der Waals surface area contributed by atoms with Gasteiger partial charge in [0.2, 0.25) is 0 Å². The molecule has 2 heterocycles. The van der Waals surface area contributed by atoms with Crippen LogP contribution in [0, 0.1) is 0 Å². The van der Waals surface area contributed by atoms with Crippen molar-refractivity contribution in [3.05, 3.63) is 28.5 Å². The molecule has 0 aliphatic carbocycles. The van der Waals surface area contributed by atoms with Crippen molar-refractivity contribution in [2.45, 2.75) is 6.42 Å². The average Bonchev–Trinajstić information content (AvgIpc) is 2.71. The van der Waals surface area contributed by atoms with Gasteiger partial charge in [-0.15, -0.1) is 0 Å². The second-order valence-electron chi connectivity index (χ2n) is 2.96. The molecule has 0 N–H and O–H groups in total. The number of hydrogen-bond acceptors (Lipinski definition) is 3. The van der Waals surface area contributed by atoms with E-state index in [1.165, 1.54) is 5.06 Å². The highest BCUT2D eigenvalue weighted by Crippen LogP contribution is 2.12. The molecule has 1 fully saturated rings. The molecule has 1 saturated heterocycles. The molecule has 0 radical (unpaired) electrons. The van der Waals surface area contributed by atoms with Gasteiger partial charge in [-0.1, -0.05) is 0 Å². The molecule has 0 atom stereocenters. The fourth-order valence-corrected chi connectivity index (χ4v) is 1.47. The van der Waals surface area contributed by atoms with Crippen molar-refractivity contribution in [3.8, 4) is 0 Å². The van der Waals surface area contributed by atoms with Gasteiger partial charge in [0.05, 0.1) is 13.2 Å². The Hall–Kier alpha value is -0.940. The van der Waals surface area contributed by atoms with Gasteiger partial charge < -0.3 is 0 Å². The second kappa shape index (κ2) is 4.06. The van der Waals surface area contributed by atoms with Crippen LogP contribution < -0.4 is 0 Å². The Morgan fingerprint density at radius 1 is 1.57 bits per heavy atom. The van der Waals surface area contributed by atoms with E-state index in [0.717, 1.165) is 10.9 Å². The molecule has 2 rings (SSSR count). The number of carbonyl (C=O) groups excluding carboxylic acids is 1. The van der Waals surface area contributed by atoms with Crippen molar-refractivity contribution in [2.75, 3.05) is 13.2 Å². The monoisotopic (exact) mass is 256 g/mol. The number of hydroxylamine groups is 2. The Morgan fingerprint density at radius 3 is 3.00 bits per heavy atom. The molecule has 1 aromatic rings. The van der Waals surface area contributed by atoms with Crippen LogP contribution >= 0.6 is 15.9 Å². The van der Waals surface area contributed by atoms with Gasteiger partial charge in [-0.05, 0) is 34.5 Å². The fourth-order valence-electron chi connectivity index (χ4n) is 1.24. The zero-order valence-corrected chi connectivity index (χ0v) is 9.03. The van der Waals surface area contributed by atoms with Gasteiger partial charge in [0.1, 0.15) is 5.69 Å². The summed E-state index contributed by atoms with van der Waals surface area (Å²) in [6, 6.07) is 3.46. The largest absolute Gasteiger partial charge is 0.295 e. The van der Waals surface area contributed by atoms with Gasteiger partial charge in [-0.25, -0.2) is 10.0 Å². The summed E-state index contributed by atoms with van der Waals surface area (Å²) in [5.41, 5.74) is 0.412. The third-order valence-corrected chi connectivity index (χ3v) is 2.39. The Labute approximate surface area is 90.0 Å². The Bertz CT molecular complexity index is 333. The molecule has 0 saturated carbocycles. The lowest BCUT2D eigenvalue weighted by Gasteiger charge is -2.12. The molecule has 0 bridgehead atoms. The lowest BCUT2D eigenvalue weighted by atomic mass is 10.3. The normalized spacial score (nSPS) is 15.9. The zero-order valence-electron chi connectivity index (χ0n) is 7.44. The predicted molar refractivity (Wildman–Crippen MR) is 53.5 cm³/mol. The standard InChI is InChI=1S/C9H9BrN2O2/c10-7-2-3-8(11-6-7)9(13)12-4-1-5-14-12/h2-3,6H,1,4-5H2. The van der Waals surface area contributed by atoms with E-state index in [4.69, 9.17) is 4.84 Å². The molecule has 1 amide bonds. The number of aromatic nitrogens is 1. The molecular weight excluding hydrogens is 248 g/mol. The summed E-state index contributed by atoms with van der Waals surface area (Å²) in [5.74, 6) is -0.171. The molecule has 0 unspecified atom stereocenters. The van der Waals surface area contributed by atoms with Gasteiger partial charge in [0, 0.05) is 10.7 Å². The third kappa shape index (κ3) is 1.93. The number of carbonyl (C=O) groups is 1. The Kier molecular flexibility index (Phi) is 2.79. The summed E-state index contributed by atoms with van der Waals surface area (Å²) < 4.78 is 0.858. The third-order valence-electron chi connectivity index (χ3n) is 1.93. The zero-order chi connectivity index (χ0) is 9.97. The van der Waals surface area contributed by atoms with Crippen LogP contribution in [-0.2, 0) is 4.84 Å². The SMILES string of the molecule is O=C(c1ccc(Br)cn1)N1CCCO1. The summed E-state index contributed by atoms with van der Waals surface area (Å²) in [7, 11) is 0. The maximum atomic E-state index is 11.7. The van der Waals surface area contributed by atoms with Crippen molar-refractivity contribution in [3.63, 3.8) is 0 Å². The van der Waals surface area contributed by atoms with Crippen molar-refractivity contribution in [2.24, 2.45) is 0 Å². The topological polar surface area (TPSA) is 42.4 Å². The van der Waals surface area contributed by atoms with E-state index < -0.39 is 0 Å². The minimum atomic E-state index is -0.171. The van der Waals surface area contributed by atoms with E-state index in [2.05, 4.69) is 20.9 Å². The van der Waals surface area contributed by atoms with Gasteiger partial charge in [-0.2, -0.15) is 0 Å². The molecule has 5 heteroatoms. The summed E-state index contributed by atoms with van der Waals surface area (Å²) >= 11 is 3.26. The smallest absolute Gasteiger partial charge is 0.271 e. The van der Waals surface area contributed by atoms with Crippen LogP contribution in [0.4, 0.5) is 0 Å². The summed E-state index contributed by atoms with van der Waals surface area (Å²) in [6.45, 7) is 1.26. The number of nitrogens with zero attached hydrogens (tertiary/aromatic N) is 2. The molecule has 1 aromatic heterocycles. The highest BCUT2D eigenvalue weighted by atomic mass is 79.9. The number of pyridine rings is 1. The first kappa shape index (κ1) is 9.61. The maximum Gasteiger partial charge on any atom is 0.295 e. The number of rotatable bonds is 1. The van der Waals surface area contributed by atoms with Crippen LogP contribution in [0.3, 0.4) is 0 Å². The predicted octanol–water partition coefficient (Wildman–Crippen LogP) is 1.62. The van der Waals surface area contributed by atoms with E-state index in [1.807, 2.05) is 0 Å². The van der Waals surface area contributed by atoms with E-state index >= 15 is 0 Å². The number of halogens is 1. The van der Waals surface area contributed by atoms with Gasteiger partial charge >= 0.3 is 0 Å². The van der Waals surface area contributed by atoms with E-state index in [1.54, 1.807) is 18.3 Å². The van der Waals surface area contributed by atoms with Gasteiger partial charge in [0.15, 0.2) is 0 Å². The quantitative estimate of drug-likeness (QED) is 0.767. The number of amides is 1. The van der Waals surface area contributed by atoms with Crippen molar-refractivity contribution in [1.82, 2.24) is 10.0 Å². The van der Waals surface area contributed by atoms with Gasteiger partial charge in [-0.3, -0.25) is 9.63 Å². The highest BCUT2D eigenvalue weighted by molar-refractivity contribution is 9.10. The van der Waals surface area contributed by atoms with E-state index in [0.29, 0.717) is 18.8 Å². The van der Waals surface area contributed by atoms with Crippen molar-refractivity contribution < 1.29 is 9.63 Å². The minimum Gasteiger partial charge on any atom is -0.271 e.